The molecule has 0 atom stereocenters. The summed E-state index contributed by atoms with van der Waals surface area (Å²) in [5.41, 5.74) is 0.0890. The molecule has 0 radical (unpaired) electrons. The molecule has 0 saturated heterocycles. The third-order valence-corrected chi connectivity index (χ3v) is 5.40. The van der Waals surface area contributed by atoms with Gasteiger partial charge in [0, 0.05) is 19.8 Å². The predicted octanol–water partition coefficient (Wildman–Crippen LogP) is 4.44. The van der Waals surface area contributed by atoms with Crippen molar-refractivity contribution >= 4 is 0 Å². The molecule has 0 aromatic rings. The maximum absolute atomic E-state index is 9.52. The summed E-state index contributed by atoms with van der Waals surface area (Å²) >= 11 is 0. The summed E-state index contributed by atoms with van der Waals surface area (Å²) in [6, 6.07) is 0. The van der Waals surface area contributed by atoms with E-state index in [0.29, 0.717) is 26.4 Å². The molecule has 0 fully saturated rings. The van der Waals surface area contributed by atoms with Gasteiger partial charge in [0.25, 0.3) is 0 Å². The van der Waals surface area contributed by atoms with Crippen molar-refractivity contribution in [2.45, 2.75) is 72.6 Å². The first-order chi connectivity index (χ1) is 11.7. The van der Waals surface area contributed by atoms with Gasteiger partial charge in [0.2, 0.25) is 0 Å². The number of aliphatic hydroxyl groups is 1. The highest BCUT2D eigenvalue weighted by Gasteiger charge is 2.24. The second-order valence-corrected chi connectivity index (χ2v) is 6.78. The van der Waals surface area contributed by atoms with Crippen molar-refractivity contribution in [1.82, 2.24) is 0 Å². The lowest BCUT2D eigenvalue weighted by Gasteiger charge is -2.29. The molecule has 0 spiro atoms. The zero-order valence-corrected chi connectivity index (χ0v) is 16.6. The number of hydrogen-bond acceptors (Lipinski definition) is 4. The van der Waals surface area contributed by atoms with Gasteiger partial charge < -0.3 is 19.3 Å². The molecule has 4 nitrogen and oxygen atoms in total. The molecular formula is C20H42O4. The molecule has 0 aliphatic heterocycles. The molecule has 0 aliphatic carbocycles. The molecule has 24 heavy (non-hydrogen) atoms. The van der Waals surface area contributed by atoms with Gasteiger partial charge in [-0.25, -0.2) is 0 Å². The number of ether oxygens (including phenoxy) is 3. The highest BCUT2D eigenvalue weighted by Crippen LogP contribution is 2.31. The Morgan fingerprint density at radius 3 is 1.71 bits per heavy atom. The van der Waals surface area contributed by atoms with Crippen LogP contribution in [0.25, 0.3) is 0 Å². The van der Waals surface area contributed by atoms with Crippen molar-refractivity contribution in [1.29, 1.82) is 0 Å². The van der Waals surface area contributed by atoms with E-state index in [1.807, 2.05) is 0 Å². The SMILES string of the molecule is CCC(CC)CCOCCOCCOCCCC(CC)(CC)CO. The zero-order chi connectivity index (χ0) is 18.1. The maximum Gasteiger partial charge on any atom is 0.0701 e. The Balaban J connectivity index is 3.34. The number of aliphatic hydroxyl groups excluding tert-OH is 1. The third kappa shape index (κ3) is 11.4. The molecular weight excluding hydrogens is 304 g/mol. The lowest BCUT2D eigenvalue weighted by Crippen LogP contribution is -2.24. The van der Waals surface area contributed by atoms with Crippen LogP contribution in [0, 0.1) is 11.3 Å². The first-order valence-electron chi connectivity index (χ1n) is 10.0. The molecule has 0 bridgehead atoms. The van der Waals surface area contributed by atoms with E-state index in [4.69, 9.17) is 14.2 Å². The van der Waals surface area contributed by atoms with Crippen LogP contribution < -0.4 is 0 Å². The fourth-order valence-corrected chi connectivity index (χ4v) is 2.94. The first kappa shape index (κ1) is 23.8. The molecule has 4 heteroatoms. The quantitative estimate of drug-likeness (QED) is 0.373. The minimum Gasteiger partial charge on any atom is -0.396 e. The molecule has 0 rings (SSSR count). The highest BCUT2D eigenvalue weighted by atomic mass is 16.5. The number of rotatable bonds is 18. The van der Waals surface area contributed by atoms with Crippen LogP contribution in [0.4, 0.5) is 0 Å². The van der Waals surface area contributed by atoms with Crippen LogP contribution in [0.3, 0.4) is 0 Å². The van der Waals surface area contributed by atoms with Gasteiger partial charge in [0.15, 0.2) is 0 Å². The lowest BCUT2D eigenvalue weighted by molar-refractivity contribution is 0.00863. The fraction of sp³-hybridized carbons (Fsp3) is 1.00. The first-order valence-corrected chi connectivity index (χ1v) is 10.0. The van der Waals surface area contributed by atoms with Crippen LogP contribution in [0.15, 0.2) is 0 Å². The summed E-state index contributed by atoms with van der Waals surface area (Å²) in [7, 11) is 0. The lowest BCUT2D eigenvalue weighted by atomic mass is 9.79. The monoisotopic (exact) mass is 346 g/mol. The molecule has 0 aromatic heterocycles. The average Bonchev–Trinajstić information content (AvgIpc) is 2.63. The van der Waals surface area contributed by atoms with E-state index in [2.05, 4.69) is 27.7 Å². The molecule has 146 valence electrons. The third-order valence-electron chi connectivity index (χ3n) is 5.40. The minimum atomic E-state index is 0.0890. The number of hydrogen-bond donors (Lipinski definition) is 1. The van der Waals surface area contributed by atoms with Crippen molar-refractivity contribution in [2.75, 3.05) is 46.2 Å². The minimum absolute atomic E-state index is 0.0890. The summed E-state index contributed by atoms with van der Waals surface area (Å²) in [5.74, 6) is 0.796. The van der Waals surface area contributed by atoms with Gasteiger partial charge in [0.05, 0.1) is 26.4 Å². The fourth-order valence-electron chi connectivity index (χ4n) is 2.94. The van der Waals surface area contributed by atoms with Gasteiger partial charge in [0.1, 0.15) is 0 Å². The van der Waals surface area contributed by atoms with E-state index >= 15 is 0 Å². The summed E-state index contributed by atoms with van der Waals surface area (Å²) in [6.45, 7) is 13.2. The standard InChI is InChI=1S/C20H42O4/c1-5-19(6-2)10-13-23-15-17-24-16-14-22-12-9-11-20(7-3,8-4)18-21/h19,21H,5-18H2,1-4H3. The molecule has 0 amide bonds. The molecule has 1 N–H and O–H groups in total. The van der Waals surface area contributed by atoms with Gasteiger partial charge in [-0.2, -0.15) is 0 Å². The van der Waals surface area contributed by atoms with Gasteiger partial charge in [-0.05, 0) is 43.4 Å². The molecule has 0 aliphatic rings. The average molecular weight is 347 g/mol. The Bertz CT molecular complexity index is 242. The van der Waals surface area contributed by atoms with Gasteiger partial charge in [-0.3, -0.25) is 0 Å². The zero-order valence-electron chi connectivity index (χ0n) is 16.6. The van der Waals surface area contributed by atoms with Crippen molar-refractivity contribution in [2.24, 2.45) is 11.3 Å². The normalized spacial score (nSPS) is 12.2. The molecule has 0 aromatic carbocycles. The highest BCUT2D eigenvalue weighted by molar-refractivity contribution is 4.75. The van der Waals surface area contributed by atoms with Gasteiger partial charge >= 0.3 is 0 Å². The summed E-state index contributed by atoms with van der Waals surface area (Å²) < 4.78 is 16.7. The van der Waals surface area contributed by atoms with Crippen molar-refractivity contribution in [3.8, 4) is 0 Å². The van der Waals surface area contributed by atoms with E-state index in [9.17, 15) is 5.11 Å². The summed E-state index contributed by atoms with van der Waals surface area (Å²) in [6.07, 6.45) is 7.72. The summed E-state index contributed by atoms with van der Waals surface area (Å²) in [4.78, 5) is 0. The van der Waals surface area contributed by atoms with Crippen LogP contribution in [0.5, 0.6) is 0 Å². The molecule has 0 unspecified atom stereocenters. The Labute approximate surface area is 150 Å². The molecule has 0 heterocycles. The second kappa shape index (κ2) is 16.3. The van der Waals surface area contributed by atoms with Crippen LogP contribution in [0.1, 0.15) is 72.6 Å². The van der Waals surface area contributed by atoms with E-state index in [1.165, 1.54) is 12.8 Å². The van der Waals surface area contributed by atoms with Crippen LogP contribution in [-0.2, 0) is 14.2 Å². The van der Waals surface area contributed by atoms with Crippen LogP contribution in [0.2, 0.25) is 0 Å². The topological polar surface area (TPSA) is 47.9 Å². The Kier molecular flexibility index (Phi) is 16.2. The smallest absolute Gasteiger partial charge is 0.0701 e. The second-order valence-electron chi connectivity index (χ2n) is 6.78. The Morgan fingerprint density at radius 2 is 1.25 bits per heavy atom. The van der Waals surface area contributed by atoms with Crippen LogP contribution >= 0.6 is 0 Å². The van der Waals surface area contributed by atoms with Crippen molar-refractivity contribution < 1.29 is 19.3 Å². The van der Waals surface area contributed by atoms with Gasteiger partial charge in [-0.1, -0.05) is 40.5 Å². The van der Waals surface area contributed by atoms with Crippen LogP contribution in [-0.4, -0.2) is 51.4 Å². The molecule has 0 saturated carbocycles. The largest absolute Gasteiger partial charge is 0.396 e. The Morgan fingerprint density at radius 1 is 0.750 bits per heavy atom. The van der Waals surface area contributed by atoms with E-state index in [-0.39, 0.29) is 12.0 Å². The van der Waals surface area contributed by atoms with E-state index in [0.717, 1.165) is 51.2 Å². The Hall–Kier alpha value is -0.160. The predicted molar refractivity (Wildman–Crippen MR) is 100 cm³/mol. The van der Waals surface area contributed by atoms with E-state index in [1.54, 1.807) is 0 Å². The van der Waals surface area contributed by atoms with Crippen molar-refractivity contribution in [3.63, 3.8) is 0 Å². The van der Waals surface area contributed by atoms with Gasteiger partial charge in [-0.15, -0.1) is 0 Å². The summed E-state index contributed by atoms with van der Waals surface area (Å²) in [5, 5.41) is 9.52. The van der Waals surface area contributed by atoms with Crippen molar-refractivity contribution in [3.05, 3.63) is 0 Å². The maximum atomic E-state index is 9.52. The van der Waals surface area contributed by atoms with E-state index < -0.39 is 0 Å².